The van der Waals surface area contributed by atoms with E-state index in [-0.39, 0.29) is 0 Å². The van der Waals surface area contributed by atoms with Crippen LogP contribution in [0.15, 0.2) is 53.7 Å². The molecule has 0 aliphatic heterocycles. The molecule has 0 bridgehead atoms. The quantitative estimate of drug-likeness (QED) is 0.553. The van der Waals surface area contributed by atoms with Crippen LogP contribution in [0.5, 0.6) is 0 Å². The minimum absolute atomic E-state index is 0.701. The van der Waals surface area contributed by atoms with Gasteiger partial charge in [-0.3, -0.25) is 4.99 Å². The summed E-state index contributed by atoms with van der Waals surface area (Å²) in [6.07, 6.45) is 2.86. The van der Waals surface area contributed by atoms with Crippen LogP contribution < -0.4 is 10.6 Å². The predicted molar refractivity (Wildman–Crippen MR) is 103 cm³/mol. The fourth-order valence-electron chi connectivity index (χ4n) is 2.69. The third kappa shape index (κ3) is 4.11. The highest BCUT2D eigenvalue weighted by molar-refractivity contribution is 7.11. The van der Waals surface area contributed by atoms with E-state index >= 15 is 0 Å². The van der Waals surface area contributed by atoms with E-state index in [1.54, 1.807) is 18.4 Å². The molecule has 4 nitrogen and oxygen atoms in total. The molecule has 0 unspecified atom stereocenters. The zero-order valence-electron chi connectivity index (χ0n) is 14.0. The molecule has 0 amide bonds. The molecule has 2 aromatic carbocycles. The summed E-state index contributed by atoms with van der Waals surface area (Å²) in [7, 11) is 1.79. The van der Waals surface area contributed by atoms with E-state index in [0.717, 1.165) is 23.9 Å². The first-order chi connectivity index (χ1) is 11.8. The molecule has 3 rings (SSSR count). The Morgan fingerprint density at radius 1 is 1.12 bits per heavy atom. The Labute approximate surface area is 146 Å². The summed E-state index contributed by atoms with van der Waals surface area (Å²) in [5.74, 6) is 0.808. The standard InChI is InChI=1S/C19H22N4S/c1-14-12-22-18(24-14)13-23-19(20-2)21-11-10-16-8-5-7-15-6-3-4-9-17(15)16/h3-9,12H,10-11,13H2,1-2H3,(H2,20,21,23). The molecular weight excluding hydrogens is 316 g/mol. The molecule has 0 atom stereocenters. The summed E-state index contributed by atoms with van der Waals surface area (Å²) in [5, 5.41) is 10.4. The number of nitrogens with one attached hydrogen (secondary N) is 2. The molecule has 1 heterocycles. The van der Waals surface area contributed by atoms with Crippen molar-refractivity contribution in [1.29, 1.82) is 0 Å². The highest BCUT2D eigenvalue weighted by Crippen LogP contribution is 2.18. The third-order valence-corrected chi connectivity index (χ3v) is 4.78. The SMILES string of the molecule is CN=C(NCCc1cccc2ccccc12)NCc1ncc(C)s1. The smallest absolute Gasteiger partial charge is 0.191 e. The van der Waals surface area contributed by atoms with Crippen molar-refractivity contribution in [3.63, 3.8) is 0 Å². The zero-order chi connectivity index (χ0) is 16.8. The van der Waals surface area contributed by atoms with Gasteiger partial charge in [-0.2, -0.15) is 0 Å². The minimum Gasteiger partial charge on any atom is -0.356 e. The van der Waals surface area contributed by atoms with Crippen molar-refractivity contribution in [2.45, 2.75) is 19.9 Å². The highest BCUT2D eigenvalue weighted by Gasteiger charge is 2.03. The first-order valence-electron chi connectivity index (χ1n) is 8.09. The van der Waals surface area contributed by atoms with E-state index < -0.39 is 0 Å². The number of aryl methyl sites for hydroxylation is 1. The molecule has 0 radical (unpaired) electrons. The van der Waals surface area contributed by atoms with Crippen LogP contribution in [0, 0.1) is 6.92 Å². The lowest BCUT2D eigenvalue weighted by Crippen LogP contribution is -2.37. The van der Waals surface area contributed by atoms with Gasteiger partial charge in [0, 0.05) is 24.7 Å². The van der Waals surface area contributed by atoms with E-state index in [4.69, 9.17) is 0 Å². The van der Waals surface area contributed by atoms with Crippen molar-refractivity contribution in [2.75, 3.05) is 13.6 Å². The topological polar surface area (TPSA) is 49.3 Å². The summed E-state index contributed by atoms with van der Waals surface area (Å²) in [6.45, 7) is 3.61. The number of hydrogen-bond donors (Lipinski definition) is 2. The summed E-state index contributed by atoms with van der Waals surface area (Å²) in [5.41, 5.74) is 1.35. The Morgan fingerprint density at radius 3 is 2.75 bits per heavy atom. The fourth-order valence-corrected chi connectivity index (χ4v) is 3.42. The van der Waals surface area contributed by atoms with E-state index in [9.17, 15) is 0 Å². The highest BCUT2D eigenvalue weighted by atomic mass is 32.1. The second kappa shape index (κ2) is 7.93. The number of fused-ring (bicyclic) bond motifs is 1. The van der Waals surface area contributed by atoms with Crippen LogP contribution in [0.2, 0.25) is 0 Å². The summed E-state index contributed by atoms with van der Waals surface area (Å²) in [6, 6.07) is 15.0. The first-order valence-corrected chi connectivity index (χ1v) is 8.90. The molecule has 2 N–H and O–H groups in total. The maximum atomic E-state index is 4.36. The van der Waals surface area contributed by atoms with E-state index in [1.807, 2.05) is 6.20 Å². The average molecular weight is 338 g/mol. The molecule has 0 spiro atoms. The van der Waals surface area contributed by atoms with Crippen LogP contribution in [-0.4, -0.2) is 24.5 Å². The van der Waals surface area contributed by atoms with Gasteiger partial charge in [0.05, 0.1) is 6.54 Å². The third-order valence-electron chi connectivity index (χ3n) is 3.87. The maximum absolute atomic E-state index is 4.36. The molecule has 0 saturated carbocycles. The lowest BCUT2D eigenvalue weighted by molar-refractivity contribution is 0.793. The monoisotopic (exact) mass is 338 g/mol. The lowest BCUT2D eigenvalue weighted by atomic mass is 10.0. The number of hydrogen-bond acceptors (Lipinski definition) is 3. The minimum atomic E-state index is 0.701. The second-order valence-electron chi connectivity index (χ2n) is 5.61. The van der Waals surface area contributed by atoms with Gasteiger partial charge in [-0.25, -0.2) is 4.98 Å². The largest absolute Gasteiger partial charge is 0.356 e. The summed E-state index contributed by atoms with van der Waals surface area (Å²) >= 11 is 1.71. The Kier molecular flexibility index (Phi) is 5.43. The number of thiazole rings is 1. The van der Waals surface area contributed by atoms with Gasteiger partial charge in [-0.05, 0) is 29.7 Å². The van der Waals surface area contributed by atoms with E-state index in [1.165, 1.54) is 21.2 Å². The molecule has 0 aliphatic carbocycles. The van der Waals surface area contributed by atoms with E-state index in [0.29, 0.717) is 6.54 Å². The molecule has 24 heavy (non-hydrogen) atoms. The van der Waals surface area contributed by atoms with Crippen LogP contribution in [-0.2, 0) is 13.0 Å². The van der Waals surface area contributed by atoms with E-state index in [2.05, 4.69) is 70.0 Å². The Balaban J connectivity index is 1.54. The van der Waals surface area contributed by atoms with Crippen molar-refractivity contribution in [2.24, 2.45) is 4.99 Å². The van der Waals surface area contributed by atoms with Crippen molar-refractivity contribution in [3.8, 4) is 0 Å². The number of guanidine groups is 1. The number of rotatable bonds is 5. The van der Waals surface area contributed by atoms with Crippen LogP contribution in [0.1, 0.15) is 15.4 Å². The number of nitrogens with zero attached hydrogens (tertiary/aromatic N) is 2. The molecule has 124 valence electrons. The molecular formula is C19H22N4S. The van der Waals surface area contributed by atoms with Crippen molar-refractivity contribution < 1.29 is 0 Å². The normalized spacial score (nSPS) is 11.7. The number of aromatic nitrogens is 1. The Morgan fingerprint density at radius 2 is 1.96 bits per heavy atom. The van der Waals surface area contributed by atoms with Crippen molar-refractivity contribution in [3.05, 3.63) is 64.1 Å². The van der Waals surface area contributed by atoms with Gasteiger partial charge < -0.3 is 10.6 Å². The summed E-state index contributed by atoms with van der Waals surface area (Å²) < 4.78 is 0. The number of aliphatic imine (C=N–C) groups is 1. The van der Waals surface area contributed by atoms with Gasteiger partial charge in [0.25, 0.3) is 0 Å². The van der Waals surface area contributed by atoms with Crippen LogP contribution in [0.25, 0.3) is 10.8 Å². The van der Waals surface area contributed by atoms with Gasteiger partial charge >= 0.3 is 0 Å². The average Bonchev–Trinajstić information content (AvgIpc) is 3.03. The zero-order valence-corrected chi connectivity index (χ0v) is 14.9. The van der Waals surface area contributed by atoms with Crippen LogP contribution in [0.4, 0.5) is 0 Å². The summed E-state index contributed by atoms with van der Waals surface area (Å²) in [4.78, 5) is 9.86. The molecule has 1 aromatic heterocycles. The predicted octanol–water partition coefficient (Wildman–Crippen LogP) is 3.51. The maximum Gasteiger partial charge on any atom is 0.191 e. The van der Waals surface area contributed by atoms with Gasteiger partial charge in [-0.1, -0.05) is 42.5 Å². The molecule has 5 heteroatoms. The molecule has 0 fully saturated rings. The second-order valence-corrected chi connectivity index (χ2v) is 6.92. The van der Waals surface area contributed by atoms with Gasteiger partial charge in [-0.15, -0.1) is 11.3 Å². The van der Waals surface area contributed by atoms with Crippen molar-refractivity contribution in [1.82, 2.24) is 15.6 Å². The fraction of sp³-hybridized carbons (Fsp3) is 0.263. The molecule has 0 aliphatic rings. The van der Waals surface area contributed by atoms with Crippen molar-refractivity contribution >= 4 is 28.1 Å². The molecule has 3 aromatic rings. The van der Waals surface area contributed by atoms with Gasteiger partial charge in [0.1, 0.15) is 5.01 Å². The van der Waals surface area contributed by atoms with Crippen LogP contribution in [0.3, 0.4) is 0 Å². The van der Waals surface area contributed by atoms with Gasteiger partial charge in [0.2, 0.25) is 0 Å². The van der Waals surface area contributed by atoms with Crippen LogP contribution >= 0.6 is 11.3 Å². The first kappa shape index (κ1) is 16.5. The number of benzene rings is 2. The van der Waals surface area contributed by atoms with Gasteiger partial charge in [0.15, 0.2) is 5.96 Å². The Hall–Kier alpha value is -2.40. The molecule has 0 saturated heterocycles. The Bertz CT molecular complexity index is 833. The lowest BCUT2D eigenvalue weighted by Gasteiger charge is -2.12.